The van der Waals surface area contributed by atoms with E-state index < -0.39 is 11.8 Å². The maximum atomic E-state index is 13.3. The zero-order valence-electron chi connectivity index (χ0n) is 11.9. The normalized spacial score (nSPS) is 28.1. The van der Waals surface area contributed by atoms with Crippen LogP contribution in [0, 0.1) is 5.92 Å². The molecule has 0 aliphatic carbocycles. The predicted octanol–water partition coefficient (Wildman–Crippen LogP) is 2.99. The molecule has 2 saturated heterocycles. The molecular formula is C13H28F2N2. The Hall–Kier alpha value is -0.220. The second-order valence-electron chi connectivity index (χ2n) is 4.23. The smallest absolute Gasteiger partial charge is 0.263 e. The highest BCUT2D eigenvalue weighted by Crippen LogP contribution is 2.33. The van der Waals surface area contributed by atoms with Crippen LogP contribution < -0.4 is 5.32 Å². The summed E-state index contributed by atoms with van der Waals surface area (Å²) in [5, 5.41) is 3.11. The molecule has 2 fully saturated rings. The molecule has 2 heterocycles. The van der Waals surface area contributed by atoms with Gasteiger partial charge in [0.05, 0.1) is 6.54 Å². The third kappa shape index (κ3) is 4.51. The van der Waals surface area contributed by atoms with E-state index in [9.17, 15) is 8.78 Å². The summed E-state index contributed by atoms with van der Waals surface area (Å²) >= 11 is 0. The van der Waals surface area contributed by atoms with Crippen molar-refractivity contribution >= 4 is 0 Å². The van der Waals surface area contributed by atoms with Gasteiger partial charge in [0.15, 0.2) is 0 Å². The first-order valence-corrected chi connectivity index (χ1v) is 6.92. The molecule has 0 bridgehead atoms. The van der Waals surface area contributed by atoms with E-state index in [1.54, 1.807) is 6.92 Å². The Labute approximate surface area is 105 Å². The van der Waals surface area contributed by atoms with Crippen LogP contribution in [0.4, 0.5) is 8.78 Å². The van der Waals surface area contributed by atoms with Gasteiger partial charge in [-0.1, -0.05) is 34.6 Å². The molecule has 2 nitrogen and oxygen atoms in total. The summed E-state index contributed by atoms with van der Waals surface area (Å²) in [5.74, 6) is -2.93. The van der Waals surface area contributed by atoms with Gasteiger partial charge in [0.1, 0.15) is 0 Å². The van der Waals surface area contributed by atoms with E-state index >= 15 is 0 Å². The molecule has 2 aliphatic heterocycles. The molecule has 0 saturated carbocycles. The summed E-state index contributed by atoms with van der Waals surface area (Å²) in [6.45, 7) is 12.2. The molecule has 1 atom stereocenters. The molecule has 0 radical (unpaired) electrons. The minimum absolute atomic E-state index is 0.0412. The molecule has 0 spiro atoms. The van der Waals surface area contributed by atoms with Gasteiger partial charge < -0.3 is 5.32 Å². The minimum Gasteiger partial charge on any atom is -0.314 e. The molecule has 104 valence electrons. The highest BCUT2D eigenvalue weighted by Gasteiger charge is 2.44. The van der Waals surface area contributed by atoms with Crippen molar-refractivity contribution < 1.29 is 8.78 Å². The van der Waals surface area contributed by atoms with Gasteiger partial charge in [0.2, 0.25) is 0 Å². The molecule has 4 heteroatoms. The van der Waals surface area contributed by atoms with Gasteiger partial charge in [-0.05, 0) is 13.0 Å². The van der Waals surface area contributed by atoms with Crippen molar-refractivity contribution in [2.45, 2.75) is 53.0 Å². The average molecular weight is 250 g/mol. The SMILES string of the molecule is CC.CC.CC1CCN(C2CNC2)CC1(F)F. The van der Waals surface area contributed by atoms with Gasteiger partial charge in [-0.15, -0.1) is 0 Å². The van der Waals surface area contributed by atoms with Gasteiger partial charge in [-0.25, -0.2) is 8.78 Å². The number of nitrogens with one attached hydrogen (secondary N) is 1. The fourth-order valence-corrected chi connectivity index (χ4v) is 1.92. The van der Waals surface area contributed by atoms with E-state index in [2.05, 4.69) is 5.32 Å². The number of halogens is 2. The monoisotopic (exact) mass is 250 g/mol. The van der Waals surface area contributed by atoms with Gasteiger partial charge in [0.25, 0.3) is 5.92 Å². The molecule has 0 aromatic heterocycles. The van der Waals surface area contributed by atoms with Crippen molar-refractivity contribution in [3.63, 3.8) is 0 Å². The lowest BCUT2D eigenvalue weighted by atomic mass is 9.93. The molecule has 17 heavy (non-hydrogen) atoms. The van der Waals surface area contributed by atoms with Gasteiger partial charge in [-0.2, -0.15) is 0 Å². The minimum atomic E-state index is -2.48. The number of hydrogen-bond acceptors (Lipinski definition) is 2. The summed E-state index contributed by atoms with van der Waals surface area (Å²) in [4.78, 5) is 1.93. The van der Waals surface area contributed by atoms with E-state index in [0.717, 1.165) is 19.6 Å². The van der Waals surface area contributed by atoms with Crippen LogP contribution in [0.1, 0.15) is 41.0 Å². The summed E-state index contributed by atoms with van der Waals surface area (Å²) in [5.41, 5.74) is 0. The first-order chi connectivity index (χ1) is 8.09. The molecule has 2 aliphatic rings. The van der Waals surface area contributed by atoms with Crippen LogP contribution >= 0.6 is 0 Å². The first kappa shape index (κ1) is 16.8. The Morgan fingerprint density at radius 3 is 2.00 bits per heavy atom. The molecule has 1 unspecified atom stereocenters. The van der Waals surface area contributed by atoms with Crippen LogP contribution in [-0.4, -0.2) is 43.0 Å². The van der Waals surface area contributed by atoms with Crippen molar-refractivity contribution in [2.75, 3.05) is 26.2 Å². The average Bonchev–Trinajstić information content (AvgIpc) is 2.26. The van der Waals surface area contributed by atoms with E-state index in [1.807, 2.05) is 32.6 Å². The zero-order chi connectivity index (χ0) is 13.5. The Morgan fingerprint density at radius 1 is 1.12 bits per heavy atom. The summed E-state index contributed by atoms with van der Waals surface area (Å²) < 4.78 is 26.6. The van der Waals surface area contributed by atoms with Gasteiger partial charge in [-0.3, -0.25) is 4.90 Å². The van der Waals surface area contributed by atoms with Crippen LogP contribution in [0.2, 0.25) is 0 Å². The van der Waals surface area contributed by atoms with Crippen molar-refractivity contribution in [1.82, 2.24) is 10.2 Å². The van der Waals surface area contributed by atoms with Gasteiger partial charge >= 0.3 is 0 Å². The van der Waals surface area contributed by atoms with E-state index in [1.165, 1.54) is 0 Å². The second-order valence-corrected chi connectivity index (χ2v) is 4.23. The van der Waals surface area contributed by atoms with Gasteiger partial charge in [0, 0.05) is 25.0 Å². The molecule has 0 aromatic carbocycles. The lowest BCUT2D eigenvalue weighted by Crippen LogP contribution is -2.62. The number of rotatable bonds is 1. The molecule has 1 N–H and O–H groups in total. The summed E-state index contributed by atoms with van der Waals surface area (Å²) in [7, 11) is 0. The lowest BCUT2D eigenvalue weighted by Gasteiger charge is -2.44. The second kappa shape index (κ2) is 7.98. The fourth-order valence-electron chi connectivity index (χ4n) is 1.92. The first-order valence-electron chi connectivity index (χ1n) is 6.92. The van der Waals surface area contributed by atoms with E-state index in [-0.39, 0.29) is 6.54 Å². The van der Waals surface area contributed by atoms with Crippen LogP contribution in [0.3, 0.4) is 0 Å². The van der Waals surface area contributed by atoms with Crippen molar-refractivity contribution in [1.29, 1.82) is 0 Å². The number of piperidine rings is 1. The number of alkyl halides is 2. The molecule has 0 aromatic rings. The largest absolute Gasteiger partial charge is 0.314 e. The Morgan fingerprint density at radius 2 is 1.65 bits per heavy atom. The van der Waals surface area contributed by atoms with E-state index in [0.29, 0.717) is 12.5 Å². The Kier molecular flexibility index (Phi) is 7.88. The number of hydrogen-bond donors (Lipinski definition) is 1. The van der Waals surface area contributed by atoms with Crippen LogP contribution in [0.25, 0.3) is 0 Å². The Balaban J connectivity index is 0.000000581. The van der Waals surface area contributed by atoms with Crippen LogP contribution in [-0.2, 0) is 0 Å². The summed E-state index contributed by atoms with van der Waals surface area (Å²) in [6, 6.07) is 0.360. The number of nitrogens with zero attached hydrogens (tertiary/aromatic N) is 1. The summed E-state index contributed by atoms with van der Waals surface area (Å²) in [6.07, 6.45) is 0.628. The maximum Gasteiger partial charge on any atom is 0.263 e. The Bertz CT molecular complexity index is 194. The van der Waals surface area contributed by atoms with E-state index in [4.69, 9.17) is 0 Å². The highest BCUT2D eigenvalue weighted by molar-refractivity contribution is 4.92. The molecule has 2 rings (SSSR count). The fraction of sp³-hybridized carbons (Fsp3) is 1.00. The maximum absolute atomic E-state index is 13.3. The standard InChI is InChI=1S/C9H16F2N2.2C2H6/c1-7-2-3-13(6-9(7,10)11)8-4-12-5-8;2*1-2/h7-8,12H,2-6H2,1H3;2*1-2H3. The third-order valence-corrected chi connectivity index (χ3v) is 3.26. The van der Waals surface area contributed by atoms with Crippen molar-refractivity contribution in [3.05, 3.63) is 0 Å². The molecule has 0 amide bonds. The van der Waals surface area contributed by atoms with Crippen LogP contribution in [0.15, 0.2) is 0 Å². The quantitative estimate of drug-likeness (QED) is 0.769. The zero-order valence-corrected chi connectivity index (χ0v) is 11.9. The van der Waals surface area contributed by atoms with Crippen molar-refractivity contribution in [2.24, 2.45) is 5.92 Å². The topological polar surface area (TPSA) is 15.3 Å². The lowest BCUT2D eigenvalue weighted by molar-refractivity contribution is -0.117. The number of likely N-dealkylation sites (tertiary alicyclic amines) is 1. The van der Waals surface area contributed by atoms with Crippen molar-refractivity contribution in [3.8, 4) is 0 Å². The molecular weight excluding hydrogens is 222 g/mol. The predicted molar refractivity (Wildman–Crippen MR) is 69.7 cm³/mol. The van der Waals surface area contributed by atoms with Crippen LogP contribution in [0.5, 0.6) is 0 Å². The highest BCUT2D eigenvalue weighted by atomic mass is 19.3. The third-order valence-electron chi connectivity index (χ3n) is 3.26.